The molecular formula is C18H26Cl2N2O3S2. The van der Waals surface area contributed by atoms with E-state index in [4.69, 9.17) is 23.2 Å². The minimum Gasteiger partial charge on any atom is -0.355 e. The quantitative estimate of drug-likeness (QED) is 0.536. The zero-order chi connectivity index (χ0) is 19.9. The van der Waals surface area contributed by atoms with Crippen molar-refractivity contribution < 1.29 is 13.2 Å². The largest absolute Gasteiger partial charge is 0.355 e. The predicted molar refractivity (Wildman–Crippen MR) is 116 cm³/mol. The van der Waals surface area contributed by atoms with E-state index in [9.17, 15) is 13.2 Å². The maximum atomic E-state index is 12.1. The van der Waals surface area contributed by atoms with Crippen molar-refractivity contribution in [3.05, 3.63) is 28.2 Å². The molecule has 2 rings (SSSR count). The van der Waals surface area contributed by atoms with Crippen LogP contribution in [0.25, 0.3) is 0 Å². The first-order chi connectivity index (χ1) is 12.8. The summed E-state index contributed by atoms with van der Waals surface area (Å²) in [6, 6.07) is 4.68. The van der Waals surface area contributed by atoms with E-state index in [1.807, 2.05) is 11.8 Å². The standard InChI is InChI=1S/C18H26Cl2N2O3S2/c1-27(24,25)22(17-13-14(19)8-9-16(17)20)11-4-7-18(23)21-10-12-26-15-5-2-3-6-15/h8-9,13,15H,2-7,10-12H2,1H3,(H,21,23). The molecule has 0 aromatic heterocycles. The van der Waals surface area contributed by atoms with Gasteiger partial charge in [-0.3, -0.25) is 9.10 Å². The van der Waals surface area contributed by atoms with Crippen molar-refractivity contribution in [3.8, 4) is 0 Å². The fourth-order valence-electron chi connectivity index (χ4n) is 3.08. The molecule has 1 saturated carbocycles. The molecular weight excluding hydrogens is 427 g/mol. The summed E-state index contributed by atoms with van der Waals surface area (Å²) in [5.74, 6) is 0.858. The van der Waals surface area contributed by atoms with Crippen molar-refractivity contribution >= 4 is 56.6 Å². The summed E-state index contributed by atoms with van der Waals surface area (Å²) < 4.78 is 25.5. The lowest BCUT2D eigenvalue weighted by atomic mass is 10.2. The van der Waals surface area contributed by atoms with E-state index in [1.165, 1.54) is 36.1 Å². The normalized spacial score (nSPS) is 15.1. The van der Waals surface area contributed by atoms with Gasteiger partial charge in [0, 0.05) is 35.5 Å². The Morgan fingerprint density at radius 2 is 2.00 bits per heavy atom. The Balaban J connectivity index is 1.78. The average molecular weight is 453 g/mol. The second-order valence-electron chi connectivity index (χ2n) is 6.66. The minimum absolute atomic E-state index is 0.0623. The Hall–Kier alpha value is -0.630. The molecule has 0 aliphatic heterocycles. The van der Waals surface area contributed by atoms with Crippen LogP contribution in [0.5, 0.6) is 0 Å². The van der Waals surface area contributed by atoms with Crippen molar-refractivity contribution in [2.75, 3.05) is 29.4 Å². The number of carbonyl (C=O) groups excluding carboxylic acids is 1. The molecule has 0 saturated heterocycles. The number of halogens is 2. The number of benzene rings is 1. The van der Waals surface area contributed by atoms with Crippen molar-refractivity contribution in [3.63, 3.8) is 0 Å². The van der Waals surface area contributed by atoms with Crippen LogP contribution in [0.3, 0.4) is 0 Å². The average Bonchev–Trinajstić information content (AvgIpc) is 3.10. The summed E-state index contributed by atoms with van der Waals surface area (Å²) in [5.41, 5.74) is 0.333. The molecule has 0 unspecified atom stereocenters. The zero-order valence-electron chi connectivity index (χ0n) is 15.4. The molecule has 0 radical (unpaired) electrons. The van der Waals surface area contributed by atoms with Crippen molar-refractivity contribution in [1.29, 1.82) is 0 Å². The number of rotatable bonds is 10. The van der Waals surface area contributed by atoms with Gasteiger partial charge in [0.15, 0.2) is 0 Å². The second kappa shape index (κ2) is 10.8. The lowest BCUT2D eigenvalue weighted by Crippen LogP contribution is -2.32. The number of sulfonamides is 1. The fourth-order valence-corrected chi connectivity index (χ4v) is 5.71. The Labute approximate surface area is 176 Å². The number of amides is 1. The van der Waals surface area contributed by atoms with Gasteiger partial charge in [0.05, 0.1) is 17.0 Å². The highest BCUT2D eigenvalue weighted by Gasteiger charge is 2.20. The molecule has 27 heavy (non-hydrogen) atoms. The first-order valence-corrected chi connectivity index (χ1v) is 12.7. The van der Waals surface area contributed by atoms with Gasteiger partial charge in [-0.2, -0.15) is 11.8 Å². The lowest BCUT2D eigenvalue weighted by molar-refractivity contribution is -0.121. The van der Waals surface area contributed by atoms with Crippen molar-refractivity contribution in [2.24, 2.45) is 0 Å². The van der Waals surface area contributed by atoms with Crippen LogP contribution in [0.2, 0.25) is 10.0 Å². The highest BCUT2D eigenvalue weighted by molar-refractivity contribution is 7.99. The molecule has 1 fully saturated rings. The molecule has 1 N–H and O–H groups in total. The van der Waals surface area contributed by atoms with Crippen LogP contribution in [-0.4, -0.2) is 44.7 Å². The Morgan fingerprint density at radius 1 is 1.30 bits per heavy atom. The number of hydrogen-bond donors (Lipinski definition) is 1. The van der Waals surface area contributed by atoms with Gasteiger partial charge in [-0.05, 0) is 37.5 Å². The third-order valence-electron chi connectivity index (χ3n) is 4.42. The summed E-state index contributed by atoms with van der Waals surface area (Å²) in [6.45, 7) is 0.819. The zero-order valence-corrected chi connectivity index (χ0v) is 18.6. The minimum atomic E-state index is -3.53. The third kappa shape index (κ3) is 7.72. The van der Waals surface area contributed by atoms with Crippen molar-refractivity contribution in [2.45, 2.75) is 43.8 Å². The Morgan fingerprint density at radius 3 is 2.67 bits per heavy atom. The molecule has 0 atom stereocenters. The van der Waals surface area contributed by atoms with Gasteiger partial charge in [-0.1, -0.05) is 36.0 Å². The fraction of sp³-hybridized carbons (Fsp3) is 0.611. The number of nitrogens with zero attached hydrogens (tertiary/aromatic N) is 1. The molecule has 0 spiro atoms. The summed E-state index contributed by atoms with van der Waals surface area (Å²) in [7, 11) is -3.53. The van der Waals surface area contributed by atoms with E-state index in [1.54, 1.807) is 12.1 Å². The van der Waals surface area contributed by atoms with E-state index in [2.05, 4.69) is 5.32 Å². The van der Waals surface area contributed by atoms with Crippen LogP contribution in [0.1, 0.15) is 38.5 Å². The highest BCUT2D eigenvalue weighted by Crippen LogP contribution is 2.31. The van der Waals surface area contributed by atoms with E-state index >= 15 is 0 Å². The van der Waals surface area contributed by atoms with Gasteiger partial charge >= 0.3 is 0 Å². The van der Waals surface area contributed by atoms with Crippen LogP contribution in [0.15, 0.2) is 18.2 Å². The Bertz CT molecular complexity index is 738. The first kappa shape index (κ1) is 22.7. The second-order valence-corrected chi connectivity index (χ2v) is 10.8. The summed E-state index contributed by atoms with van der Waals surface area (Å²) in [6.07, 6.45) is 6.98. The molecule has 0 heterocycles. The van der Waals surface area contributed by atoms with E-state index < -0.39 is 10.0 Å². The maximum Gasteiger partial charge on any atom is 0.232 e. The molecule has 1 amide bonds. The SMILES string of the molecule is CS(=O)(=O)N(CCCC(=O)NCCSC1CCCC1)c1cc(Cl)ccc1Cl. The monoisotopic (exact) mass is 452 g/mol. The molecule has 5 nitrogen and oxygen atoms in total. The Kier molecular flexibility index (Phi) is 9.05. The summed E-state index contributed by atoms with van der Waals surface area (Å²) in [4.78, 5) is 12.0. The van der Waals surface area contributed by atoms with Crippen LogP contribution in [0.4, 0.5) is 5.69 Å². The topological polar surface area (TPSA) is 66.5 Å². The van der Waals surface area contributed by atoms with E-state index in [-0.39, 0.29) is 18.9 Å². The van der Waals surface area contributed by atoms with Crippen LogP contribution in [0, 0.1) is 0 Å². The molecule has 1 aliphatic carbocycles. The molecule has 9 heteroatoms. The lowest BCUT2D eigenvalue weighted by Gasteiger charge is -2.23. The molecule has 152 valence electrons. The third-order valence-corrected chi connectivity index (χ3v) is 7.54. The number of carbonyl (C=O) groups is 1. The number of thioether (sulfide) groups is 1. The molecule has 0 bridgehead atoms. The number of nitrogens with one attached hydrogen (secondary N) is 1. The van der Waals surface area contributed by atoms with Crippen LogP contribution in [-0.2, 0) is 14.8 Å². The van der Waals surface area contributed by atoms with E-state index in [0.717, 1.165) is 17.3 Å². The van der Waals surface area contributed by atoms with Crippen molar-refractivity contribution in [1.82, 2.24) is 5.32 Å². The van der Waals surface area contributed by atoms with Gasteiger partial charge in [-0.25, -0.2) is 8.42 Å². The molecule has 1 aromatic rings. The van der Waals surface area contributed by atoms with Gasteiger partial charge in [-0.15, -0.1) is 0 Å². The molecule has 1 aliphatic rings. The van der Waals surface area contributed by atoms with Crippen LogP contribution < -0.4 is 9.62 Å². The predicted octanol–water partition coefficient (Wildman–Crippen LogP) is 4.33. The van der Waals surface area contributed by atoms with Crippen LogP contribution >= 0.6 is 35.0 Å². The molecule has 1 aromatic carbocycles. The first-order valence-electron chi connectivity index (χ1n) is 9.08. The van der Waals surface area contributed by atoms with Gasteiger partial charge in [0.25, 0.3) is 0 Å². The maximum absolute atomic E-state index is 12.1. The van der Waals surface area contributed by atoms with E-state index in [0.29, 0.717) is 28.7 Å². The summed E-state index contributed by atoms with van der Waals surface area (Å²) >= 11 is 14.0. The van der Waals surface area contributed by atoms with Gasteiger partial charge in [0.1, 0.15) is 0 Å². The number of anilines is 1. The number of hydrogen-bond acceptors (Lipinski definition) is 4. The highest BCUT2D eigenvalue weighted by atomic mass is 35.5. The van der Waals surface area contributed by atoms with Gasteiger partial charge in [0.2, 0.25) is 15.9 Å². The smallest absolute Gasteiger partial charge is 0.232 e. The summed E-state index contributed by atoms with van der Waals surface area (Å²) in [5, 5.41) is 4.35. The van der Waals surface area contributed by atoms with Gasteiger partial charge < -0.3 is 5.32 Å².